The highest BCUT2D eigenvalue weighted by Gasteiger charge is 2.35. The molecule has 2 amide bonds. The number of rotatable bonds is 7. The number of likely N-dealkylation sites (tertiary alicyclic amines) is 3. The third-order valence-corrected chi connectivity index (χ3v) is 12.0. The number of amides is 2. The summed E-state index contributed by atoms with van der Waals surface area (Å²) in [6.07, 6.45) is 6.54. The average Bonchev–Trinajstić information content (AvgIpc) is 3.48. The molecule has 46 heavy (non-hydrogen) atoms. The predicted molar refractivity (Wildman–Crippen MR) is 186 cm³/mol. The number of halogens is 2. The smallest absolute Gasteiger partial charge is 0.410 e. The van der Waals surface area contributed by atoms with Crippen molar-refractivity contribution in [3.8, 4) is 11.3 Å². The van der Waals surface area contributed by atoms with Crippen LogP contribution in [0.1, 0.15) is 50.1 Å². The van der Waals surface area contributed by atoms with Crippen LogP contribution in [-0.4, -0.2) is 88.7 Å². The Kier molecular flexibility index (Phi) is 10.7. The van der Waals surface area contributed by atoms with Crippen LogP contribution in [0.4, 0.5) is 4.79 Å². The fraction of sp³-hybridized carbons (Fsp3) is 0.514. The maximum absolute atomic E-state index is 14.0. The van der Waals surface area contributed by atoms with Crippen molar-refractivity contribution in [1.82, 2.24) is 24.3 Å². The molecule has 0 radical (unpaired) electrons. The summed E-state index contributed by atoms with van der Waals surface area (Å²) < 4.78 is 9.61. The van der Waals surface area contributed by atoms with Crippen molar-refractivity contribution < 1.29 is 14.3 Å². The molecule has 3 aliphatic heterocycles. The van der Waals surface area contributed by atoms with Gasteiger partial charge in [0.15, 0.2) is 6.10 Å². The van der Waals surface area contributed by atoms with E-state index in [2.05, 4.69) is 48.8 Å². The van der Waals surface area contributed by atoms with E-state index >= 15 is 0 Å². The zero-order valence-corrected chi connectivity index (χ0v) is 29.5. The van der Waals surface area contributed by atoms with Gasteiger partial charge < -0.3 is 24.4 Å². The maximum atomic E-state index is 14.0. The van der Waals surface area contributed by atoms with Gasteiger partial charge in [-0.1, -0.05) is 36.4 Å². The van der Waals surface area contributed by atoms with Gasteiger partial charge in [0, 0.05) is 53.8 Å². The lowest BCUT2D eigenvalue weighted by molar-refractivity contribution is -0.142. The first-order valence-corrected chi connectivity index (χ1v) is 18.1. The third-order valence-electron chi connectivity index (χ3n) is 10.1. The molecule has 0 bridgehead atoms. The fourth-order valence-corrected chi connectivity index (χ4v) is 8.00. The normalized spacial score (nSPS) is 19.7. The molecular weight excluding hydrogens is 714 g/mol. The first-order chi connectivity index (χ1) is 22.2. The van der Waals surface area contributed by atoms with Gasteiger partial charge in [-0.2, -0.15) is 0 Å². The minimum atomic E-state index is -0.904. The standard InChI is InChI=1S/C35H43Br2N5O4/c1-39-15-9-25(10-16-39)26-11-17-40(18-12-26)33(43)32(22-24-7-8-29(36)30(37)21-24)46-35(45)41-19-13-28(14-20-41)42-23-31(38-34(42)44)27-5-3-2-4-6-27/h2-8,21,23,25-26,28,32H,9-20,22H2,1H3,(H,38,44)/t32-/m1/s1. The number of carbonyl (C=O) groups excluding carboxylic acids is 2. The number of ether oxygens (including phenoxy) is 1. The molecule has 3 aromatic rings. The van der Waals surface area contributed by atoms with Crippen LogP contribution in [0.25, 0.3) is 11.3 Å². The summed E-state index contributed by atoms with van der Waals surface area (Å²) in [5.41, 5.74) is 2.51. The van der Waals surface area contributed by atoms with E-state index in [-0.39, 0.29) is 17.6 Å². The van der Waals surface area contributed by atoms with Crippen molar-refractivity contribution in [3.05, 3.63) is 79.7 Å². The van der Waals surface area contributed by atoms with Gasteiger partial charge in [-0.15, -0.1) is 0 Å². The number of imidazole rings is 1. The summed E-state index contributed by atoms with van der Waals surface area (Å²) in [4.78, 5) is 49.2. The second-order valence-electron chi connectivity index (χ2n) is 13.1. The van der Waals surface area contributed by atoms with Gasteiger partial charge in [-0.05, 0) is 126 Å². The quantitative estimate of drug-likeness (QED) is 0.304. The molecule has 246 valence electrons. The molecule has 3 saturated heterocycles. The van der Waals surface area contributed by atoms with Crippen LogP contribution in [0.15, 0.2) is 68.5 Å². The molecule has 0 saturated carbocycles. The van der Waals surface area contributed by atoms with Crippen LogP contribution in [0.3, 0.4) is 0 Å². The van der Waals surface area contributed by atoms with E-state index in [0.717, 1.165) is 57.6 Å². The van der Waals surface area contributed by atoms with Crippen molar-refractivity contribution in [2.75, 3.05) is 46.3 Å². The molecule has 9 nitrogen and oxygen atoms in total. The average molecular weight is 758 g/mol. The Balaban J connectivity index is 1.09. The number of aromatic amines is 1. The lowest BCUT2D eigenvalue weighted by atomic mass is 9.79. The van der Waals surface area contributed by atoms with Gasteiger partial charge in [0.2, 0.25) is 0 Å². The van der Waals surface area contributed by atoms with Crippen LogP contribution in [-0.2, 0) is 16.0 Å². The largest absolute Gasteiger partial charge is 0.436 e. The monoisotopic (exact) mass is 755 g/mol. The first kappa shape index (κ1) is 33.0. The topological polar surface area (TPSA) is 90.9 Å². The molecule has 4 heterocycles. The Hall–Kier alpha value is -2.89. The summed E-state index contributed by atoms with van der Waals surface area (Å²) in [6, 6.07) is 15.6. The minimum Gasteiger partial charge on any atom is -0.436 e. The molecule has 1 atom stereocenters. The summed E-state index contributed by atoms with van der Waals surface area (Å²) >= 11 is 7.09. The molecule has 0 spiro atoms. The molecule has 0 aliphatic carbocycles. The van der Waals surface area contributed by atoms with Gasteiger partial charge in [0.1, 0.15) is 0 Å². The molecule has 1 aromatic heterocycles. The number of piperidine rings is 3. The Bertz CT molecular complexity index is 1550. The highest BCUT2D eigenvalue weighted by molar-refractivity contribution is 9.13. The summed E-state index contributed by atoms with van der Waals surface area (Å²) in [5, 5.41) is 0. The number of hydrogen-bond donors (Lipinski definition) is 1. The van der Waals surface area contributed by atoms with Crippen LogP contribution >= 0.6 is 31.9 Å². The van der Waals surface area contributed by atoms with E-state index in [1.165, 1.54) is 12.8 Å². The Labute approximate surface area is 287 Å². The van der Waals surface area contributed by atoms with E-state index in [1.54, 1.807) is 9.47 Å². The highest BCUT2D eigenvalue weighted by Crippen LogP contribution is 2.33. The summed E-state index contributed by atoms with van der Waals surface area (Å²) in [7, 11) is 2.19. The molecule has 3 fully saturated rings. The number of hydrogen-bond acceptors (Lipinski definition) is 5. The first-order valence-electron chi connectivity index (χ1n) is 16.5. The molecule has 6 rings (SSSR count). The van der Waals surface area contributed by atoms with Crippen LogP contribution in [0.2, 0.25) is 0 Å². The number of carbonyl (C=O) groups is 2. The molecule has 11 heteroatoms. The van der Waals surface area contributed by atoms with Gasteiger partial charge in [0.05, 0.1) is 5.69 Å². The van der Waals surface area contributed by atoms with E-state index in [1.807, 2.05) is 59.6 Å². The maximum Gasteiger partial charge on any atom is 0.410 e. The fourth-order valence-electron chi connectivity index (χ4n) is 7.32. The highest BCUT2D eigenvalue weighted by atomic mass is 79.9. The minimum absolute atomic E-state index is 0.0198. The van der Waals surface area contributed by atoms with Gasteiger partial charge in [0.25, 0.3) is 5.91 Å². The van der Waals surface area contributed by atoms with Crippen molar-refractivity contribution >= 4 is 43.9 Å². The molecule has 0 unspecified atom stereocenters. The molecule has 2 aromatic carbocycles. The third kappa shape index (κ3) is 7.80. The van der Waals surface area contributed by atoms with Gasteiger partial charge in [-0.25, -0.2) is 9.59 Å². The second-order valence-corrected chi connectivity index (χ2v) is 14.8. The summed E-state index contributed by atoms with van der Waals surface area (Å²) in [6.45, 7) is 4.62. The van der Waals surface area contributed by atoms with Crippen molar-refractivity contribution in [1.29, 1.82) is 0 Å². The summed E-state index contributed by atoms with van der Waals surface area (Å²) in [5.74, 6) is 1.27. The lowest BCUT2D eigenvalue weighted by Gasteiger charge is -2.40. The number of H-pyrrole nitrogens is 1. The number of benzene rings is 2. The Morgan fingerprint density at radius 2 is 1.48 bits per heavy atom. The lowest BCUT2D eigenvalue weighted by Crippen LogP contribution is -2.49. The van der Waals surface area contributed by atoms with E-state index in [9.17, 15) is 14.4 Å². The zero-order valence-electron chi connectivity index (χ0n) is 26.4. The Morgan fingerprint density at radius 3 is 2.13 bits per heavy atom. The molecule has 3 aliphatic rings. The van der Waals surface area contributed by atoms with Gasteiger partial charge in [-0.3, -0.25) is 9.36 Å². The number of aromatic nitrogens is 2. The Morgan fingerprint density at radius 1 is 0.848 bits per heavy atom. The number of nitrogens with one attached hydrogen (secondary N) is 1. The zero-order chi connectivity index (χ0) is 32.2. The van der Waals surface area contributed by atoms with E-state index in [4.69, 9.17) is 4.74 Å². The van der Waals surface area contributed by atoms with Crippen molar-refractivity contribution in [2.45, 2.75) is 57.1 Å². The van der Waals surface area contributed by atoms with Crippen molar-refractivity contribution in [2.24, 2.45) is 11.8 Å². The van der Waals surface area contributed by atoms with Crippen LogP contribution in [0, 0.1) is 11.8 Å². The van der Waals surface area contributed by atoms with Gasteiger partial charge >= 0.3 is 11.8 Å². The predicted octanol–water partition coefficient (Wildman–Crippen LogP) is 6.33. The van der Waals surface area contributed by atoms with E-state index < -0.39 is 12.2 Å². The van der Waals surface area contributed by atoms with E-state index in [0.29, 0.717) is 51.4 Å². The molecular formula is C35H43Br2N5O4. The SMILES string of the molecule is CN1CCC(C2CCN(C(=O)[C@@H](Cc3ccc(Br)c(Br)c3)OC(=O)N3CCC(n4cc(-c5ccccc5)[nH]c4=O)CC3)CC2)CC1. The van der Waals surface area contributed by atoms with Crippen molar-refractivity contribution in [3.63, 3.8) is 0 Å². The number of nitrogens with zero attached hydrogens (tertiary/aromatic N) is 4. The van der Waals surface area contributed by atoms with Crippen LogP contribution < -0.4 is 5.69 Å². The molecule has 1 N–H and O–H groups in total. The second kappa shape index (κ2) is 14.9. The van der Waals surface area contributed by atoms with Crippen LogP contribution in [0.5, 0.6) is 0 Å².